The van der Waals surface area contributed by atoms with Gasteiger partial charge in [-0.3, -0.25) is 19.2 Å². The molecule has 5 amide bonds. The number of alkyl carbamates (subject to hydrolysis) is 1. The quantitative estimate of drug-likeness (QED) is 0.340. The number of hydrogen-bond donors (Lipinski definition) is 4. The summed E-state index contributed by atoms with van der Waals surface area (Å²) >= 11 is 0. The predicted octanol–water partition coefficient (Wildman–Crippen LogP) is 1.16. The molecule has 0 aromatic heterocycles. The van der Waals surface area contributed by atoms with Crippen molar-refractivity contribution in [3.63, 3.8) is 0 Å². The third-order valence-electron chi connectivity index (χ3n) is 8.51. The van der Waals surface area contributed by atoms with Crippen molar-refractivity contribution in [2.45, 2.75) is 90.2 Å². The molecule has 0 spiro atoms. The Labute approximate surface area is 234 Å². The lowest BCUT2D eigenvalue weighted by molar-refractivity contribution is -0.144. The van der Waals surface area contributed by atoms with Gasteiger partial charge in [-0.05, 0) is 51.4 Å². The molecule has 2 aliphatic heterocycles. The third-order valence-corrected chi connectivity index (χ3v) is 8.51. The summed E-state index contributed by atoms with van der Waals surface area (Å²) in [5.74, 6) is -4.38. The van der Waals surface area contributed by atoms with Crippen molar-refractivity contribution in [2.75, 3.05) is 13.1 Å². The minimum Gasteiger partial charge on any atom is -0.444 e. The molecule has 40 heavy (non-hydrogen) atoms. The van der Waals surface area contributed by atoms with Gasteiger partial charge in [0.1, 0.15) is 29.4 Å². The van der Waals surface area contributed by atoms with Gasteiger partial charge in [-0.15, -0.1) is 0 Å². The Kier molecular flexibility index (Phi) is 7.70. The number of nitrogens with one attached hydrogen (secondary N) is 3. The fraction of sp³-hybridized carbons (Fsp3) is 0.750. The number of nitrogens with two attached hydrogens (primary N) is 1. The van der Waals surface area contributed by atoms with Gasteiger partial charge in [-0.2, -0.15) is 0 Å². The van der Waals surface area contributed by atoms with Crippen LogP contribution >= 0.6 is 0 Å². The van der Waals surface area contributed by atoms with Crippen molar-refractivity contribution in [3.05, 3.63) is 12.2 Å². The summed E-state index contributed by atoms with van der Waals surface area (Å²) in [4.78, 5) is 66.3. The molecule has 12 heteroatoms. The highest BCUT2D eigenvalue weighted by atomic mass is 19.1. The number of hydrogen-bond acceptors (Lipinski definition) is 6. The van der Waals surface area contributed by atoms with Crippen LogP contribution in [-0.4, -0.2) is 77.1 Å². The number of amides is 5. The first-order valence-electron chi connectivity index (χ1n) is 14.0. The van der Waals surface area contributed by atoms with Crippen molar-refractivity contribution in [2.24, 2.45) is 34.8 Å². The van der Waals surface area contributed by atoms with E-state index in [9.17, 15) is 24.0 Å². The molecule has 4 rings (SSSR count). The van der Waals surface area contributed by atoms with Gasteiger partial charge < -0.3 is 31.3 Å². The number of primary amides is 1. The van der Waals surface area contributed by atoms with Gasteiger partial charge in [0.25, 0.3) is 0 Å². The number of ether oxygens (including phenoxy) is 1. The third kappa shape index (κ3) is 5.67. The number of nitrogens with zero attached hydrogens (tertiary/aromatic N) is 1. The lowest BCUT2D eigenvalue weighted by Gasteiger charge is -2.37. The fourth-order valence-corrected chi connectivity index (χ4v) is 6.64. The minimum absolute atomic E-state index is 0.00970. The van der Waals surface area contributed by atoms with Crippen LogP contribution in [0, 0.1) is 29.1 Å². The van der Waals surface area contributed by atoms with E-state index < -0.39 is 76.4 Å². The Morgan fingerprint density at radius 3 is 2.40 bits per heavy atom. The first-order valence-corrected chi connectivity index (χ1v) is 14.0. The Hall–Kier alpha value is -3.18. The number of fused-ring (bicyclic) bond motifs is 5. The van der Waals surface area contributed by atoms with Crippen molar-refractivity contribution in [3.8, 4) is 0 Å². The molecule has 222 valence electrons. The van der Waals surface area contributed by atoms with Gasteiger partial charge in [-0.25, -0.2) is 9.18 Å². The normalized spacial score (nSPS) is 32.3. The first kappa shape index (κ1) is 29.8. The van der Waals surface area contributed by atoms with Crippen LogP contribution in [0.1, 0.15) is 60.8 Å². The topological polar surface area (TPSA) is 160 Å². The molecule has 3 fully saturated rings. The van der Waals surface area contributed by atoms with E-state index in [-0.39, 0.29) is 24.8 Å². The second kappa shape index (κ2) is 10.3. The van der Waals surface area contributed by atoms with E-state index in [0.29, 0.717) is 19.4 Å². The van der Waals surface area contributed by atoms with Crippen LogP contribution in [0.15, 0.2) is 12.2 Å². The number of halogens is 1. The largest absolute Gasteiger partial charge is 0.444 e. The van der Waals surface area contributed by atoms with Gasteiger partial charge in [0.05, 0.1) is 6.54 Å². The van der Waals surface area contributed by atoms with Gasteiger partial charge in [0.15, 0.2) is 0 Å². The monoisotopic (exact) mass is 563 g/mol. The molecule has 11 nitrogen and oxygen atoms in total. The van der Waals surface area contributed by atoms with E-state index in [2.05, 4.69) is 16.0 Å². The molecule has 2 heterocycles. The summed E-state index contributed by atoms with van der Waals surface area (Å²) in [5.41, 5.74) is 2.14. The highest BCUT2D eigenvalue weighted by Gasteiger charge is 2.68. The lowest BCUT2D eigenvalue weighted by atomic mass is 9.79. The van der Waals surface area contributed by atoms with Crippen LogP contribution in [0.4, 0.5) is 9.18 Å². The van der Waals surface area contributed by atoms with Gasteiger partial charge >= 0.3 is 6.09 Å². The Morgan fingerprint density at radius 2 is 1.85 bits per heavy atom. The predicted molar refractivity (Wildman–Crippen MR) is 143 cm³/mol. The Morgan fingerprint density at radius 1 is 1.18 bits per heavy atom. The molecule has 0 aromatic carbocycles. The van der Waals surface area contributed by atoms with Crippen LogP contribution in [0.2, 0.25) is 0 Å². The maximum Gasteiger partial charge on any atom is 0.408 e. The van der Waals surface area contributed by atoms with Crippen LogP contribution in [-0.2, 0) is 23.9 Å². The average Bonchev–Trinajstić information content (AvgIpc) is 3.56. The standard InChI is InChI=1S/C28H42FN5O6/c1-26(2,3)20(33-25(39)40-27(4,5)6)24(38)34-13-28(29)16-8-7-14(11-16)18(28)19(34)23(37)32-17(21(30)35)12-15-9-10-31-22(15)36/h7-8,14-20H,9-13H2,1-6H3,(H2,30,35)(H,31,36)(H,32,37)(H,33,39)/t14-,15-,16+,17-,18+,19-,20+,28-/m0/s1. The molecular formula is C28H42FN5O6. The zero-order valence-electron chi connectivity index (χ0n) is 24.1. The summed E-state index contributed by atoms with van der Waals surface area (Å²) in [6, 6.07) is -3.53. The molecule has 5 N–H and O–H groups in total. The van der Waals surface area contributed by atoms with E-state index in [1.165, 1.54) is 4.90 Å². The Balaban J connectivity index is 1.62. The molecule has 4 aliphatic rings. The number of allylic oxidation sites excluding steroid dienone is 2. The maximum atomic E-state index is 16.7. The summed E-state index contributed by atoms with van der Waals surface area (Å²) in [7, 11) is 0. The van der Waals surface area contributed by atoms with E-state index in [0.717, 1.165) is 0 Å². The minimum atomic E-state index is -1.83. The zero-order chi connectivity index (χ0) is 29.8. The van der Waals surface area contributed by atoms with E-state index in [1.807, 2.05) is 6.08 Å². The molecule has 8 atom stereocenters. The smallest absolute Gasteiger partial charge is 0.408 e. The van der Waals surface area contributed by atoms with Crippen molar-refractivity contribution in [1.82, 2.24) is 20.9 Å². The molecule has 1 saturated carbocycles. The van der Waals surface area contributed by atoms with Crippen molar-refractivity contribution in [1.29, 1.82) is 0 Å². The number of rotatable bonds is 7. The second-order valence-corrected chi connectivity index (χ2v) is 13.7. The van der Waals surface area contributed by atoms with Gasteiger partial charge in [0.2, 0.25) is 23.6 Å². The molecular weight excluding hydrogens is 521 g/mol. The molecule has 0 unspecified atom stereocenters. The van der Waals surface area contributed by atoms with E-state index in [4.69, 9.17) is 10.5 Å². The summed E-state index contributed by atoms with van der Waals surface area (Å²) in [6.07, 6.45) is 3.93. The number of carbonyl (C=O) groups is 5. The summed E-state index contributed by atoms with van der Waals surface area (Å²) in [6.45, 7) is 10.5. The lowest BCUT2D eigenvalue weighted by Crippen LogP contribution is -2.60. The molecule has 0 radical (unpaired) electrons. The highest BCUT2D eigenvalue weighted by Crippen LogP contribution is 2.58. The van der Waals surface area contributed by atoms with Crippen molar-refractivity contribution < 1.29 is 33.1 Å². The number of carbonyl (C=O) groups excluding carboxylic acids is 5. The van der Waals surface area contributed by atoms with Gasteiger partial charge in [-0.1, -0.05) is 32.9 Å². The molecule has 2 saturated heterocycles. The molecule has 2 aliphatic carbocycles. The van der Waals surface area contributed by atoms with E-state index in [1.54, 1.807) is 47.6 Å². The van der Waals surface area contributed by atoms with Crippen molar-refractivity contribution >= 4 is 29.7 Å². The zero-order valence-corrected chi connectivity index (χ0v) is 24.1. The van der Waals surface area contributed by atoms with Gasteiger partial charge in [0, 0.05) is 24.3 Å². The highest BCUT2D eigenvalue weighted by molar-refractivity contribution is 5.95. The summed E-state index contributed by atoms with van der Waals surface area (Å²) < 4.78 is 22.0. The average molecular weight is 564 g/mol. The second-order valence-electron chi connectivity index (χ2n) is 13.7. The summed E-state index contributed by atoms with van der Waals surface area (Å²) in [5, 5.41) is 7.97. The Bertz CT molecular complexity index is 1110. The maximum absolute atomic E-state index is 16.7. The molecule has 2 bridgehead atoms. The SMILES string of the molecule is CC(C)(C)OC(=O)N[C@H](C(=O)N1C[C@@]2(F)[C@@H]([C@H]1C(=O)N[C@@H](C[C@@H]1CCNC1=O)C(N)=O)[C@H]1C=C[C@@H]2C1)C(C)(C)C. The molecule has 0 aromatic rings. The van der Waals surface area contributed by atoms with Crippen LogP contribution in [0.5, 0.6) is 0 Å². The first-order chi connectivity index (χ1) is 18.4. The number of alkyl halides is 1. The van der Waals surface area contributed by atoms with Crippen LogP contribution in [0.25, 0.3) is 0 Å². The van der Waals surface area contributed by atoms with E-state index >= 15 is 4.39 Å². The number of likely N-dealkylation sites (tertiary alicyclic amines) is 1. The fourth-order valence-electron chi connectivity index (χ4n) is 6.64. The van der Waals surface area contributed by atoms with Crippen LogP contribution in [0.3, 0.4) is 0 Å². The van der Waals surface area contributed by atoms with Crippen LogP contribution < -0.4 is 21.7 Å².